The number of carbonyl (C=O) groups is 1. The van der Waals surface area contributed by atoms with Crippen molar-refractivity contribution in [3.8, 4) is 17.2 Å². The number of benzene rings is 3. The lowest BCUT2D eigenvalue weighted by molar-refractivity contribution is 0.102. The molecule has 0 saturated carbocycles. The van der Waals surface area contributed by atoms with Crippen LogP contribution in [0.4, 0.5) is 5.69 Å². The van der Waals surface area contributed by atoms with Crippen LogP contribution in [0.1, 0.15) is 29.3 Å². The van der Waals surface area contributed by atoms with Gasteiger partial charge in [0.1, 0.15) is 11.3 Å². The summed E-state index contributed by atoms with van der Waals surface area (Å²) in [6.45, 7) is 4.68. The zero-order chi connectivity index (χ0) is 20.2. The summed E-state index contributed by atoms with van der Waals surface area (Å²) in [7, 11) is 0. The lowest BCUT2D eigenvalue weighted by atomic mass is 10.1. The molecule has 0 spiro atoms. The first-order valence-corrected chi connectivity index (χ1v) is 9.64. The van der Waals surface area contributed by atoms with Gasteiger partial charge < -0.3 is 14.5 Å². The van der Waals surface area contributed by atoms with Gasteiger partial charge in [-0.3, -0.25) is 4.79 Å². The molecule has 0 saturated heterocycles. The Kier molecular flexibility index (Phi) is 5.29. The van der Waals surface area contributed by atoms with Crippen molar-refractivity contribution >= 4 is 22.7 Å². The van der Waals surface area contributed by atoms with Crippen LogP contribution in [0.15, 0.2) is 71.1 Å². The molecule has 4 rings (SSSR count). The largest absolute Gasteiger partial charge is 0.494 e. The summed E-state index contributed by atoms with van der Waals surface area (Å²) in [4.78, 5) is 17.2. The summed E-state index contributed by atoms with van der Waals surface area (Å²) in [6, 6.07) is 20.6. The highest BCUT2D eigenvalue weighted by Gasteiger charge is 2.11. The number of anilines is 1. The maximum atomic E-state index is 12.7. The molecule has 0 atom stereocenters. The van der Waals surface area contributed by atoms with Gasteiger partial charge in [-0.05, 0) is 67.4 Å². The number of nitrogens with zero attached hydrogens (tertiary/aromatic N) is 1. The standard InChI is InChI=1S/C24H22N2O3/c1-3-12-28-20-9-5-6-17(15-20)23(27)25-19-8-4-7-18(14-19)24-26-21-11-10-16(2)13-22(21)29-24/h4-11,13-15H,3,12H2,1-2H3,(H,25,27). The lowest BCUT2D eigenvalue weighted by Crippen LogP contribution is -2.12. The number of carbonyl (C=O) groups excluding carboxylic acids is 1. The second-order valence-electron chi connectivity index (χ2n) is 6.90. The second kappa shape index (κ2) is 8.19. The first-order valence-electron chi connectivity index (χ1n) is 9.64. The molecule has 29 heavy (non-hydrogen) atoms. The number of aryl methyl sites for hydroxylation is 1. The summed E-state index contributed by atoms with van der Waals surface area (Å²) in [6.07, 6.45) is 0.915. The molecule has 0 bridgehead atoms. The Morgan fingerprint density at radius 2 is 1.93 bits per heavy atom. The van der Waals surface area contributed by atoms with Crippen LogP contribution in [-0.2, 0) is 0 Å². The molecular weight excluding hydrogens is 364 g/mol. The second-order valence-corrected chi connectivity index (χ2v) is 6.90. The number of rotatable bonds is 6. The monoisotopic (exact) mass is 386 g/mol. The van der Waals surface area contributed by atoms with Crippen LogP contribution in [-0.4, -0.2) is 17.5 Å². The van der Waals surface area contributed by atoms with Crippen molar-refractivity contribution in [1.82, 2.24) is 4.98 Å². The van der Waals surface area contributed by atoms with Gasteiger partial charge in [0.25, 0.3) is 5.91 Å². The fraction of sp³-hybridized carbons (Fsp3) is 0.167. The predicted octanol–water partition coefficient (Wildman–Crippen LogP) is 5.84. The molecule has 1 aromatic heterocycles. The molecule has 0 radical (unpaired) electrons. The molecule has 0 unspecified atom stereocenters. The molecule has 4 aromatic rings. The minimum absolute atomic E-state index is 0.197. The van der Waals surface area contributed by atoms with Gasteiger partial charge >= 0.3 is 0 Å². The fourth-order valence-electron chi connectivity index (χ4n) is 3.04. The molecule has 5 nitrogen and oxygen atoms in total. The third kappa shape index (κ3) is 4.29. The average Bonchev–Trinajstić information content (AvgIpc) is 3.16. The van der Waals surface area contributed by atoms with E-state index in [0.717, 1.165) is 28.6 Å². The van der Waals surface area contributed by atoms with Crippen molar-refractivity contribution in [1.29, 1.82) is 0 Å². The van der Waals surface area contributed by atoms with Gasteiger partial charge in [0.05, 0.1) is 6.61 Å². The third-order valence-corrected chi connectivity index (χ3v) is 4.48. The topological polar surface area (TPSA) is 64.4 Å². The molecule has 0 fully saturated rings. The molecule has 1 N–H and O–H groups in total. The van der Waals surface area contributed by atoms with E-state index in [1.54, 1.807) is 12.1 Å². The van der Waals surface area contributed by atoms with E-state index in [1.165, 1.54) is 0 Å². The van der Waals surface area contributed by atoms with E-state index < -0.39 is 0 Å². The van der Waals surface area contributed by atoms with Gasteiger partial charge in [-0.25, -0.2) is 4.98 Å². The van der Waals surface area contributed by atoms with E-state index in [2.05, 4.69) is 10.3 Å². The Hall–Kier alpha value is -3.60. The van der Waals surface area contributed by atoms with E-state index in [9.17, 15) is 4.79 Å². The Bertz CT molecular complexity index is 1160. The number of hydrogen-bond acceptors (Lipinski definition) is 4. The molecule has 1 heterocycles. The van der Waals surface area contributed by atoms with E-state index in [0.29, 0.717) is 29.5 Å². The zero-order valence-electron chi connectivity index (χ0n) is 16.4. The summed E-state index contributed by atoms with van der Waals surface area (Å²) in [5.41, 5.74) is 4.69. The molecular formula is C24H22N2O3. The summed E-state index contributed by atoms with van der Waals surface area (Å²) >= 11 is 0. The van der Waals surface area contributed by atoms with Gasteiger partial charge in [0.15, 0.2) is 5.58 Å². The van der Waals surface area contributed by atoms with Crippen LogP contribution >= 0.6 is 0 Å². The van der Waals surface area contributed by atoms with Crippen LogP contribution in [0.2, 0.25) is 0 Å². The quantitative estimate of drug-likeness (QED) is 0.452. The number of fused-ring (bicyclic) bond motifs is 1. The first kappa shape index (κ1) is 18.7. The zero-order valence-corrected chi connectivity index (χ0v) is 16.4. The predicted molar refractivity (Wildman–Crippen MR) is 114 cm³/mol. The van der Waals surface area contributed by atoms with Gasteiger partial charge in [-0.2, -0.15) is 0 Å². The van der Waals surface area contributed by atoms with E-state index in [4.69, 9.17) is 9.15 Å². The van der Waals surface area contributed by atoms with Crippen molar-refractivity contribution in [3.05, 3.63) is 77.9 Å². The Balaban J connectivity index is 1.55. The molecule has 0 aliphatic heterocycles. The van der Waals surface area contributed by atoms with E-state index in [-0.39, 0.29) is 5.91 Å². The lowest BCUT2D eigenvalue weighted by Gasteiger charge is -2.09. The molecule has 3 aromatic carbocycles. The van der Waals surface area contributed by atoms with Crippen molar-refractivity contribution in [2.45, 2.75) is 20.3 Å². The first-order chi connectivity index (χ1) is 14.1. The number of amides is 1. The van der Waals surface area contributed by atoms with Crippen LogP contribution < -0.4 is 10.1 Å². The highest BCUT2D eigenvalue weighted by molar-refractivity contribution is 6.04. The normalized spacial score (nSPS) is 10.8. The van der Waals surface area contributed by atoms with Gasteiger partial charge in [-0.15, -0.1) is 0 Å². The number of hydrogen-bond donors (Lipinski definition) is 1. The van der Waals surface area contributed by atoms with Crippen molar-refractivity contribution in [2.24, 2.45) is 0 Å². The van der Waals surface area contributed by atoms with Gasteiger partial charge in [0, 0.05) is 16.8 Å². The SMILES string of the molecule is CCCOc1cccc(C(=O)Nc2cccc(-c3nc4ccc(C)cc4o3)c2)c1. The number of oxazole rings is 1. The summed E-state index contributed by atoms with van der Waals surface area (Å²) in [5, 5.41) is 2.93. The number of aromatic nitrogens is 1. The fourth-order valence-corrected chi connectivity index (χ4v) is 3.04. The van der Waals surface area contributed by atoms with E-state index in [1.807, 2.05) is 68.4 Å². The van der Waals surface area contributed by atoms with Crippen molar-refractivity contribution in [3.63, 3.8) is 0 Å². The summed E-state index contributed by atoms with van der Waals surface area (Å²) < 4.78 is 11.5. The average molecular weight is 386 g/mol. The molecule has 146 valence electrons. The molecule has 0 aliphatic rings. The van der Waals surface area contributed by atoms with Crippen molar-refractivity contribution in [2.75, 3.05) is 11.9 Å². The minimum atomic E-state index is -0.197. The van der Waals surface area contributed by atoms with Crippen LogP contribution in [0.25, 0.3) is 22.6 Å². The molecule has 0 aliphatic carbocycles. The third-order valence-electron chi connectivity index (χ3n) is 4.48. The smallest absolute Gasteiger partial charge is 0.255 e. The van der Waals surface area contributed by atoms with Crippen LogP contribution in [0, 0.1) is 6.92 Å². The van der Waals surface area contributed by atoms with Crippen molar-refractivity contribution < 1.29 is 13.9 Å². The highest BCUT2D eigenvalue weighted by atomic mass is 16.5. The Labute approximate surface area is 169 Å². The van der Waals surface area contributed by atoms with Gasteiger partial charge in [-0.1, -0.05) is 25.1 Å². The number of ether oxygens (including phenoxy) is 1. The van der Waals surface area contributed by atoms with Crippen LogP contribution in [0.5, 0.6) is 5.75 Å². The Morgan fingerprint density at radius 1 is 1.07 bits per heavy atom. The maximum absolute atomic E-state index is 12.7. The molecule has 1 amide bonds. The molecule has 5 heteroatoms. The summed E-state index contributed by atoms with van der Waals surface area (Å²) in [5.74, 6) is 1.02. The van der Waals surface area contributed by atoms with E-state index >= 15 is 0 Å². The maximum Gasteiger partial charge on any atom is 0.255 e. The van der Waals surface area contributed by atoms with Crippen LogP contribution in [0.3, 0.4) is 0 Å². The highest BCUT2D eigenvalue weighted by Crippen LogP contribution is 2.27. The minimum Gasteiger partial charge on any atom is -0.494 e. The Morgan fingerprint density at radius 3 is 2.79 bits per heavy atom. The number of nitrogens with one attached hydrogen (secondary N) is 1. The van der Waals surface area contributed by atoms with Gasteiger partial charge in [0.2, 0.25) is 5.89 Å².